The summed E-state index contributed by atoms with van der Waals surface area (Å²) in [5.74, 6) is 0. The molecule has 1 N–H and O–H groups in total. The fourth-order valence-electron chi connectivity index (χ4n) is 2.71. The third-order valence-corrected chi connectivity index (χ3v) is 4.12. The van der Waals surface area contributed by atoms with Crippen molar-refractivity contribution in [2.24, 2.45) is 0 Å². The predicted molar refractivity (Wildman–Crippen MR) is 89.8 cm³/mol. The zero-order valence-electron chi connectivity index (χ0n) is 14.0. The summed E-state index contributed by atoms with van der Waals surface area (Å²) in [4.78, 5) is 2.44. The van der Waals surface area contributed by atoms with Gasteiger partial charge >= 0.3 is 0 Å². The van der Waals surface area contributed by atoms with Gasteiger partial charge in [0.2, 0.25) is 0 Å². The van der Waals surface area contributed by atoms with Crippen molar-refractivity contribution < 1.29 is 9.47 Å². The highest BCUT2D eigenvalue weighted by Crippen LogP contribution is 2.13. The van der Waals surface area contributed by atoms with E-state index in [0.29, 0.717) is 6.04 Å². The van der Waals surface area contributed by atoms with Gasteiger partial charge in [-0.15, -0.1) is 0 Å². The van der Waals surface area contributed by atoms with Crippen molar-refractivity contribution in [1.29, 1.82) is 0 Å². The first-order valence-electron chi connectivity index (χ1n) is 8.44. The van der Waals surface area contributed by atoms with E-state index in [1.807, 2.05) is 7.05 Å². The average Bonchev–Trinajstić information content (AvgIpc) is 2.56. The Bertz CT molecular complexity index is 393. The lowest BCUT2D eigenvalue weighted by Crippen LogP contribution is -2.39. The van der Waals surface area contributed by atoms with Crippen molar-refractivity contribution in [3.63, 3.8) is 0 Å². The van der Waals surface area contributed by atoms with E-state index in [2.05, 4.69) is 47.5 Å². The highest BCUT2D eigenvalue weighted by atomic mass is 16.7. The van der Waals surface area contributed by atoms with Crippen LogP contribution in [0.4, 0.5) is 0 Å². The van der Waals surface area contributed by atoms with Crippen LogP contribution in [0.1, 0.15) is 31.7 Å². The Hall–Kier alpha value is -0.940. The van der Waals surface area contributed by atoms with E-state index in [-0.39, 0.29) is 6.29 Å². The van der Waals surface area contributed by atoms with Gasteiger partial charge in [-0.2, -0.15) is 0 Å². The van der Waals surface area contributed by atoms with Gasteiger partial charge in [0.15, 0.2) is 6.29 Å². The van der Waals surface area contributed by atoms with Gasteiger partial charge in [0.1, 0.15) is 0 Å². The molecule has 0 bridgehead atoms. The van der Waals surface area contributed by atoms with E-state index in [1.165, 1.54) is 18.4 Å². The van der Waals surface area contributed by atoms with E-state index < -0.39 is 0 Å². The van der Waals surface area contributed by atoms with Gasteiger partial charge in [-0.05, 0) is 38.8 Å². The molecule has 124 valence electrons. The summed E-state index contributed by atoms with van der Waals surface area (Å²) >= 11 is 0. The first-order chi connectivity index (χ1) is 10.8. The monoisotopic (exact) mass is 306 g/mol. The smallest absolute Gasteiger partial charge is 0.157 e. The van der Waals surface area contributed by atoms with Gasteiger partial charge < -0.3 is 14.8 Å². The molecule has 0 radical (unpaired) electrons. The van der Waals surface area contributed by atoms with Crippen molar-refractivity contribution >= 4 is 0 Å². The van der Waals surface area contributed by atoms with Crippen LogP contribution >= 0.6 is 0 Å². The van der Waals surface area contributed by atoms with Crippen molar-refractivity contribution in [2.45, 2.75) is 45.1 Å². The second-order valence-electron chi connectivity index (χ2n) is 6.08. The summed E-state index contributed by atoms with van der Waals surface area (Å²) in [6, 6.07) is 11.1. The van der Waals surface area contributed by atoms with Crippen LogP contribution < -0.4 is 5.32 Å². The minimum Gasteiger partial charge on any atom is -0.353 e. The van der Waals surface area contributed by atoms with E-state index >= 15 is 0 Å². The van der Waals surface area contributed by atoms with Gasteiger partial charge in [0.05, 0.1) is 6.61 Å². The van der Waals surface area contributed by atoms with E-state index in [0.717, 1.165) is 39.3 Å². The molecule has 0 amide bonds. The molecule has 4 nitrogen and oxygen atoms in total. The van der Waals surface area contributed by atoms with Gasteiger partial charge in [-0.3, -0.25) is 4.90 Å². The molecule has 2 atom stereocenters. The summed E-state index contributed by atoms with van der Waals surface area (Å²) in [7, 11) is 2.01. The van der Waals surface area contributed by atoms with Crippen molar-refractivity contribution in [1.82, 2.24) is 10.2 Å². The van der Waals surface area contributed by atoms with Crippen molar-refractivity contribution in [3.05, 3.63) is 35.9 Å². The molecule has 1 aliphatic rings. The predicted octanol–water partition coefficient (Wildman–Crippen LogP) is 2.64. The molecule has 4 heteroatoms. The summed E-state index contributed by atoms with van der Waals surface area (Å²) in [6.45, 7) is 6.69. The maximum atomic E-state index is 5.88. The van der Waals surface area contributed by atoms with Crippen LogP contribution in [0.3, 0.4) is 0 Å². The van der Waals surface area contributed by atoms with Crippen LogP contribution in [0.2, 0.25) is 0 Å². The van der Waals surface area contributed by atoms with Crippen LogP contribution in [-0.4, -0.2) is 50.6 Å². The van der Waals surface area contributed by atoms with Crippen LogP contribution in [0.5, 0.6) is 0 Å². The molecule has 1 aromatic carbocycles. The van der Waals surface area contributed by atoms with Gasteiger partial charge in [0, 0.05) is 32.3 Å². The molecular weight excluding hydrogens is 276 g/mol. The molecule has 0 spiro atoms. The van der Waals surface area contributed by atoms with Crippen LogP contribution in [-0.2, 0) is 16.0 Å². The fourth-order valence-corrected chi connectivity index (χ4v) is 2.71. The lowest BCUT2D eigenvalue weighted by atomic mass is 10.2. The van der Waals surface area contributed by atoms with Crippen molar-refractivity contribution in [3.8, 4) is 0 Å². The normalized spacial score (nSPS) is 20.2. The lowest BCUT2D eigenvalue weighted by molar-refractivity contribution is -0.164. The minimum absolute atomic E-state index is 0.00838. The fraction of sp³-hybridized carbons (Fsp3) is 0.667. The summed E-state index contributed by atoms with van der Waals surface area (Å²) in [6.07, 6.45) is 3.43. The van der Waals surface area contributed by atoms with E-state index in [1.54, 1.807) is 0 Å². The quantitative estimate of drug-likeness (QED) is 0.760. The molecule has 0 aliphatic carbocycles. The first-order valence-corrected chi connectivity index (χ1v) is 8.44. The maximum Gasteiger partial charge on any atom is 0.157 e. The number of rotatable bonds is 9. The number of hydrogen-bond donors (Lipinski definition) is 1. The minimum atomic E-state index is 0.00838. The first kappa shape index (κ1) is 17.4. The molecule has 1 saturated heterocycles. The van der Waals surface area contributed by atoms with E-state index in [9.17, 15) is 0 Å². The number of benzene rings is 1. The lowest BCUT2D eigenvalue weighted by Gasteiger charge is -2.28. The molecule has 0 saturated carbocycles. The highest BCUT2D eigenvalue weighted by molar-refractivity contribution is 5.14. The molecule has 2 rings (SSSR count). The molecular formula is C18H30N2O2. The molecule has 1 heterocycles. The van der Waals surface area contributed by atoms with Crippen LogP contribution in [0.25, 0.3) is 0 Å². The third-order valence-electron chi connectivity index (χ3n) is 4.12. The van der Waals surface area contributed by atoms with Crippen LogP contribution in [0, 0.1) is 0 Å². The second-order valence-corrected chi connectivity index (χ2v) is 6.08. The van der Waals surface area contributed by atoms with Gasteiger partial charge in [0.25, 0.3) is 0 Å². The Balaban J connectivity index is 1.78. The topological polar surface area (TPSA) is 33.7 Å². The number of nitrogens with zero attached hydrogens (tertiary/aromatic N) is 1. The Kier molecular flexibility index (Phi) is 7.88. The summed E-state index contributed by atoms with van der Waals surface area (Å²) in [5, 5.41) is 3.31. The second kappa shape index (κ2) is 9.95. The molecule has 1 aliphatic heterocycles. The number of likely N-dealkylation sites (N-methyl/N-ethyl adjacent to an activating group) is 1. The number of nitrogens with one attached hydrogen (secondary N) is 1. The maximum absolute atomic E-state index is 5.88. The van der Waals surface area contributed by atoms with Crippen molar-refractivity contribution in [2.75, 3.05) is 33.4 Å². The van der Waals surface area contributed by atoms with Crippen LogP contribution in [0.15, 0.2) is 30.3 Å². The molecule has 22 heavy (non-hydrogen) atoms. The molecule has 1 aromatic rings. The largest absolute Gasteiger partial charge is 0.353 e. The van der Waals surface area contributed by atoms with Gasteiger partial charge in [-0.25, -0.2) is 0 Å². The Morgan fingerprint density at radius 3 is 2.82 bits per heavy atom. The molecule has 2 unspecified atom stereocenters. The standard InChI is InChI=1S/C18H30N2O2/c1-16(19-2)14-20(15-17-8-4-3-5-9-17)11-13-22-18-10-6-7-12-21-18/h3-5,8-9,16,18-19H,6-7,10-15H2,1-2H3. The Morgan fingerprint density at radius 2 is 2.14 bits per heavy atom. The SMILES string of the molecule is CNC(C)CN(CCOC1CCCCO1)Cc1ccccc1. The zero-order valence-corrected chi connectivity index (χ0v) is 14.0. The zero-order chi connectivity index (χ0) is 15.6. The van der Waals surface area contributed by atoms with E-state index in [4.69, 9.17) is 9.47 Å². The van der Waals surface area contributed by atoms with Gasteiger partial charge in [-0.1, -0.05) is 30.3 Å². The molecule has 0 aromatic heterocycles. The summed E-state index contributed by atoms with van der Waals surface area (Å²) < 4.78 is 11.5. The Labute approximate surface area is 134 Å². The average molecular weight is 306 g/mol. The number of hydrogen-bond acceptors (Lipinski definition) is 4. The third kappa shape index (κ3) is 6.44. The number of ether oxygens (including phenoxy) is 2. The summed E-state index contributed by atoms with van der Waals surface area (Å²) in [5.41, 5.74) is 1.35. The Morgan fingerprint density at radius 1 is 1.32 bits per heavy atom. The highest BCUT2D eigenvalue weighted by Gasteiger charge is 2.15. The molecule has 1 fully saturated rings.